The molecule has 0 radical (unpaired) electrons. The second-order valence-corrected chi connectivity index (χ2v) is 6.39. The topological polar surface area (TPSA) is 58.0 Å². The zero-order chi connectivity index (χ0) is 14.3. The van der Waals surface area contributed by atoms with Crippen molar-refractivity contribution in [2.75, 3.05) is 18.5 Å². The first-order valence-corrected chi connectivity index (χ1v) is 7.84. The van der Waals surface area contributed by atoms with Crippen LogP contribution in [0.1, 0.15) is 52.0 Å². The zero-order valence-corrected chi connectivity index (χ0v) is 13.1. The van der Waals surface area contributed by atoms with E-state index >= 15 is 0 Å². The number of rotatable bonds is 8. The maximum absolute atomic E-state index is 9.01. The zero-order valence-electron chi connectivity index (χ0n) is 12.3. The van der Waals surface area contributed by atoms with Crippen LogP contribution in [0.25, 0.3) is 0 Å². The average molecular weight is 283 g/mol. The van der Waals surface area contributed by atoms with Crippen molar-refractivity contribution in [2.24, 2.45) is 0 Å². The second-order valence-electron chi connectivity index (χ2n) is 4.96. The highest BCUT2D eigenvalue weighted by atomic mass is 32.2. The Bertz CT molecular complexity index is 385. The van der Waals surface area contributed by atoms with Gasteiger partial charge in [-0.25, -0.2) is 9.97 Å². The SMILES string of the molecule is CCCNc1ncnc(SC(C)CCO)c1C(C)C. The van der Waals surface area contributed by atoms with Crippen molar-refractivity contribution in [3.8, 4) is 0 Å². The quantitative estimate of drug-likeness (QED) is 0.566. The lowest BCUT2D eigenvalue weighted by molar-refractivity contribution is 0.289. The molecule has 0 saturated carbocycles. The molecule has 0 spiro atoms. The highest BCUT2D eigenvalue weighted by molar-refractivity contribution is 7.99. The van der Waals surface area contributed by atoms with Crippen molar-refractivity contribution in [1.29, 1.82) is 0 Å². The lowest BCUT2D eigenvalue weighted by Crippen LogP contribution is -2.10. The molecule has 0 fully saturated rings. The molecule has 1 atom stereocenters. The third kappa shape index (κ3) is 4.99. The first-order valence-electron chi connectivity index (χ1n) is 6.96. The van der Waals surface area contributed by atoms with Gasteiger partial charge in [-0.1, -0.05) is 27.7 Å². The summed E-state index contributed by atoms with van der Waals surface area (Å²) in [5, 5.41) is 13.8. The number of hydrogen-bond donors (Lipinski definition) is 2. The fourth-order valence-corrected chi connectivity index (χ4v) is 2.98. The predicted molar refractivity (Wildman–Crippen MR) is 81.9 cm³/mol. The fraction of sp³-hybridized carbons (Fsp3) is 0.714. The van der Waals surface area contributed by atoms with E-state index in [0.29, 0.717) is 11.2 Å². The summed E-state index contributed by atoms with van der Waals surface area (Å²) in [6.45, 7) is 9.73. The predicted octanol–water partition coefficient (Wildman–Crippen LogP) is 3.28. The van der Waals surface area contributed by atoms with E-state index in [-0.39, 0.29) is 6.61 Å². The number of aliphatic hydroxyl groups is 1. The Kier molecular flexibility index (Phi) is 7.16. The summed E-state index contributed by atoms with van der Waals surface area (Å²) in [6, 6.07) is 0. The molecule has 1 aromatic heterocycles. The summed E-state index contributed by atoms with van der Waals surface area (Å²) in [4.78, 5) is 8.79. The molecule has 19 heavy (non-hydrogen) atoms. The Balaban J connectivity index is 2.95. The van der Waals surface area contributed by atoms with Crippen LogP contribution in [0.4, 0.5) is 5.82 Å². The molecule has 0 aromatic carbocycles. The second kappa shape index (κ2) is 8.38. The molecule has 2 N–H and O–H groups in total. The fourth-order valence-electron chi connectivity index (χ4n) is 1.81. The smallest absolute Gasteiger partial charge is 0.133 e. The largest absolute Gasteiger partial charge is 0.396 e. The lowest BCUT2D eigenvalue weighted by atomic mass is 10.1. The highest BCUT2D eigenvalue weighted by Gasteiger charge is 2.17. The lowest BCUT2D eigenvalue weighted by Gasteiger charge is -2.18. The van der Waals surface area contributed by atoms with E-state index in [1.54, 1.807) is 18.1 Å². The van der Waals surface area contributed by atoms with E-state index < -0.39 is 0 Å². The van der Waals surface area contributed by atoms with Gasteiger partial charge in [-0.05, 0) is 18.8 Å². The number of aromatic nitrogens is 2. The van der Waals surface area contributed by atoms with Gasteiger partial charge in [0.2, 0.25) is 0 Å². The first-order chi connectivity index (χ1) is 9.10. The van der Waals surface area contributed by atoms with Crippen molar-refractivity contribution in [3.63, 3.8) is 0 Å². The molecule has 5 heteroatoms. The van der Waals surface area contributed by atoms with Gasteiger partial charge in [0.05, 0.1) is 0 Å². The third-order valence-electron chi connectivity index (χ3n) is 2.82. The molecule has 0 saturated heterocycles. The Morgan fingerprint density at radius 2 is 2.05 bits per heavy atom. The molecule has 1 rings (SSSR count). The molecular formula is C14H25N3OS. The first kappa shape index (κ1) is 16.2. The summed E-state index contributed by atoms with van der Waals surface area (Å²) >= 11 is 1.72. The minimum atomic E-state index is 0.219. The van der Waals surface area contributed by atoms with Crippen molar-refractivity contribution < 1.29 is 5.11 Å². The summed E-state index contributed by atoms with van der Waals surface area (Å²) in [7, 11) is 0. The van der Waals surface area contributed by atoms with Crippen LogP contribution in [-0.4, -0.2) is 33.5 Å². The van der Waals surface area contributed by atoms with Crippen molar-refractivity contribution in [2.45, 2.75) is 56.7 Å². The van der Waals surface area contributed by atoms with Crippen LogP contribution in [0, 0.1) is 0 Å². The molecule has 1 aromatic rings. The van der Waals surface area contributed by atoms with Gasteiger partial charge in [0.15, 0.2) is 0 Å². The Morgan fingerprint density at radius 3 is 2.63 bits per heavy atom. The average Bonchev–Trinajstić information content (AvgIpc) is 2.36. The van der Waals surface area contributed by atoms with Crippen molar-refractivity contribution >= 4 is 17.6 Å². The monoisotopic (exact) mass is 283 g/mol. The van der Waals surface area contributed by atoms with E-state index in [1.165, 1.54) is 5.56 Å². The molecule has 0 aliphatic carbocycles. The number of nitrogens with one attached hydrogen (secondary N) is 1. The highest BCUT2D eigenvalue weighted by Crippen LogP contribution is 2.34. The Morgan fingerprint density at radius 1 is 1.32 bits per heavy atom. The van der Waals surface area contributed by atoms with Gasteiger partial charge in [-0.15, -0.1) is 11.8 Å². The van der Waals surface area contributed by atoms with Gasteiger partial charge < -0.3 is 10.4 Å². The van der Waals surface area contributed by atoms with Crippen LogP contribution < -0.4 is 5.32 Å². The van der Waals surface area contributed by atoms with Crippen LogP contribution in [0.3, 0.4) is 0 Å². The van der Waals surface area contributed by atoms with Crippen LogP contribution in [0.2, 0.25) is 0 Å². The van der Waals surface area contributed by atoms with Crippen LogP contribution in [-0.2, 0) is 0 Å². The van der Waals surface area contributed by atoms with Gasteiger partial charge in [0.25, 0.3) is 0 Å². The molecule has 1 heterocycles. The molecular weight excluding hydrogens is 258 g/mol. The van der Waals surface area contributed by atoms with E-state index in [2.05, 4.69) is 43.0 Å². The molecule has 4 nitrogen and oxygen atoms in total. The van der Waals surface area contributed by atoms with Crippen LogP contribution in [0.5, 0.6) is 0 Å². The number of aliphatic hydroxyl groups excluding tert-OH is 1. The summed E-state index contributed by atoms with van der Waals surface area (Å²) in [5.74, 6) is 1.33. The van der Waals surface area contributed by atoms with Crippen LogP contribution in [0.15, 0.2) is 11.4 Å². The minimum Gasteiger partial charge on any atom is -0.396 e. The standard InChI is InChI=1S/C14H25N3OS/c1-5-7-15-13-12(10(2)3)14(17-9-16-13)19-11(4)6-8-18/h9-11,18H,5-8H2,1-4H3,(H,15,16,17). The third-order valence-corrected chi connectivity index (χ3v) is 4.00. The van der Waals surface area contributed by atoms with Crippen LogP contribution >= 0.6 is 11.8 Å². The maximum Gasteiger partial charge on any atom is 0.133 e. The summed E-state index contributed by atoms with van der Waals surface area (Å²) in [6.07, 6.45) is 3.48. The summed E-state index contributed by atoms with van der Waals surface area (Å²) in [5.41, 5.74) is 1.19. The van der Waals surface area contributed by atoms with Crippen molar-refractivity contribution in [3.05, 3.63) is 11.9 Å². The normalized spacial score (nSPS) is 12.7. The Labute approximate surface area is 120 Å². The molecule has 0 bridgehead atoms. The summed E-state index contributed by atoms with van der Waals surface area (Å²) < 4.78 is 0. The van der Waals surface area contributed by atoms with Gasteiger partial charge in [0.1, 0.15) is 17.2 Å². The molecule has 108 valence electrons. The molecule has 1 unspecified atom stereocenters. The molecule has 0 aliphatic heterocycles. The molecule has 0 aliphatic rings. The van der Waals surface area contributed by atoms with Gasteiger partial charge in [-0.3, -0.25) is 0 Å². The van der Waals surface area contributed by atoms with E-state index in [4.69, 9.17) is 5.11 Å². The molecule has 0 amide bonds. The Hall–Kier alpha value is -0.810. The number of hydrogen-bond acceptors (Lipinski definition) is 5. The number of thioether (sulfide) groups is 1. The number of nitrogens with zero attached hydrogens (tertiary/aromatic N) is 2. The van der Waals surface area contributed by atoms with Gasteiger partial charge >= 0.3 is 0 Å². The maximum atomic E-state index is 9.01. The van der Waals surface area contributed by atoms with Crippen molar-refractivity contribution in [1.82, 2.24) is 9.97 Å². The minimum absolute atomic E-state index is 0.219. The van der Waals surface area contributed by atoms with E-state index in [0.717, 1.165) is 30.2 Å². The van der Waals surface area contributed by atoms with Gasteiger partial charge in [-0.2, -0.15) is 0 Å². The number of anilines is 1. The van der Waals surface area contributed by atoms with E-state index in [1.807, 2.05) is 0 Å². The van der Waals surface area contributed by atoms with Gasteiger partial charge in [0, 0.05) is 24.0 Å². The van der Waals surface area contributed by atoms with E-state index in [9.17, 15) is 0 Å².